The Morgan fingerprint density at radius 3 is 2.11 bits per heavy atom. The molecule has 0 heterocycles. The molecule has 0 aromatic heterocycles. The van der Waals surface area contributed by atoms with Crippen LogP contribution in [0.5, 0.6) is 0 Å². The normalized spacial score (nSPS) is 12.3. The van der Waals surface area contributed by atoms with Gasteiger partial charge in [0.15, 0.2) is 0 Å². The molecule has 0 aliphatic carbocycles. The lowest BCUT2D eigenvalue weighted by Crippen LogP contribution is -2.54. The van der Waals surface area contributed by atoms with E-state index in [2.05, 4.69) is 4.72 Å². The van der Waals surface area contributed by atoms with E-state index in [4.69, 9.17) is 0 Å². The van der Waals surface area contributed by atoms with Crippen LogP contribution in [0.4, 0.5) is 4.39 Å². The fourth-order valence-electron chi connectivity index (χ4n) is 1.61. The van der Waals surface area contributed by atoms with E-state index >= 15 is 0 Å². The van der Waals surface area contributed by atoms with E-state index in [1.165, 1.54) is 32.8 Å². The number of rotatable bonds is 4. The second kappa shape index (κ2) is 5.26. The van der Waals surface area contributed by atoms with Crippen molar-refractivity contribution in [2.24, 2.45) is 0 Å². The fraction of sp³-hybridized carbons (Fsp3) is 0.417. The Labute approximate surface area is 112 Å². The number of nitrogens with zero attached hydrogens (tertiary/aromatic N) is 1. The molecule has 0 atom stereocenters. The summed E-state index contributed by atoms with van der Waals surface area (Å²) in [7, 11) is -0.801. The smallest absolute Gasteiger partial charge is 0.242 e. The third kappa shape index (κ3) is 3.74. The third-order valence-corrected chi connectivity index (χ3v) is 4.13. The molecule has 7 heteroatoms. The first-order chi connectivity index (χ1) is 8.56. The number of benzene rings is 1. The Kier molecular flexibility index (Phi) is 4.32. The van der Waals surface area contributed by atoms with Crippen molar-refractivity contribution in [3.63, 3.8) is 0 Å². The number of hydrogen-bond acceptors (Lipinski definition) is 3. The zero-order valence-corrected chi connectivity index (χ0v) is 12.1. The molecule has 0 aliphatic rings. The lowest BCUT2D eigenvalue weighted by molar-refractivity contribution is -0.133. The quantitative estimate of drug-likeness (QED) is 0.898. The molecule has 1 N–H and O–H groups in total. The molecule has 0 radical (unpaired) electrons. The van der Waals surface area contributed by atoms with Crippen LogP contribution >= 0.6 is 0 Å². The summed E-state index contributed by atoms with van der Waals surface area (Å²) < 4.78 is 39.2. The first kappa shape index (κ1) is 15.6. The van der Waals surface area contributed by atoms with E-state index in [0.29, 0.717) is 0 Å². The highest BCUT2D eigenvalue weighted by molar-refractivity contribution is 7.89. The molecule has 1 aromatic carbocycles. The van der Waals surface area contributed by atoms with Crippen molar-refractivity contribution in [2.75, 3.05) is 14.1 Å². The minimum atomic E-state index is -3.88. The van der Waals surface area contributed by atoms with Crippen molar-refractivity contribution in [3.8, 4) is 0 Å². The van der Waals surface area contributed by atoms with Gasteiger partial charge in [-0.1, -0.05) is 0 Å². The minimum Gasteiger partial charge on any atom is -0.347 e. The molecular formula is C12H17FN2O3S. The summed E-state index contributed by atoms with van der Waals surface area (Å²) in [4.78, 5) is 13.1. The SMILES string of the molecule is CN(C)C(=O)C(C)(C)NS(=O)(=O)c1ccc(F)cc1. The van der Waals surface area contributed by atoms with Gasteiger partial charge in [0.05, 0.1) is 4.90 Å². The number of carbonyl (C=O) groups is 1. The molecule has 19 heavy (non-hydrogen) atoms. The maximum Gasteiger partial charge on any atom is 0.242 e. The summed E-state index contributed by atoms with van der Waals surface area (Å²) in [5.74, 6) is -0.902. The highest BCUT2D eigenvalue weighted by Gasteiger charge is 2.34. The van der Waals surface area contributed by atoms with Crippen molar-refractivity contribution in [1.82, 2.24) is 9.62 Å². The predicted octanol–water partition coefficient (Wildman–Crippen LogP) is 0.971. The van der Waals surface area contributed by atoms with Crippen LogP contribution in [0.2, 0.25) is 0 Å². The second-order valence-corrected chi connectivity index (χ2v) is 6.57. The van der Waals surface area contributed by atoms with Crippen LogP contribution in [0, 0.1) is 5.82 Å². The molecule has 0 aliphatic heterocycles. The van der Waals surface area contributed by atoms with Crippen LogP contribution < -0.4 is 4.72 Å². The summed E-state index contributed by atoms with van der Waals surface area (Å²) in [5, 5.41) is 0. The van der Waals surface area contributed by atoms with E-state index in [0.717, 1.165) is 24.3 Å². The summed E-state index contributed by atoms with van der Waals surface area (Å²) in [6.45, 7) is 2.94. The van der Waals surface area contributed by atoms with Gasteiger partial charge in [0, 0.05) is 14.1 Å². The molecule has 1 aromatic rings. The number of sulfonamides is 1. The molecule has 0 spiro atoms. The molecule has 0 unspecified atom stereocenters. The van der Waals surface area contributed by atoms with Crippen LogP contribution in [-0.2, 0) is 14.8 Å². The fourth-order valence-corrected chi connectivity index (χ4v) is 2.98. The first-order valence-electron chi connectivity index (χ1n) is 5.57. The maximum atomic E-state index is 12.8. The van der Waals surface area contributed by atoms with E-state index in [-0.39, 0.29) is 10.8 Å². The van der Waals surface area contributed by atoms with Crippen molar-refractivity contribution in [2.45, 2.75) is 24.3 Å². The molecule has 5 nitrogen and oxygen atoms in total. The summed E-state index contributed by atoms with van der Waals surface area (Å²) in [5.41, 5.74) is -1.28. The molecule has 0 saturated heterocycles. The first-order valence-corrected chi connectivity index (χ1v) is 7.06. The molecule has 1 amide bonds. The van der Waals surface area contributed by atoms with Crippen molar-refractivity contribution in [1.29, 1.82) is 0 Å². The lowest BCUT2D eigenvalue weighted by Gasteiger charge is -2.27. The van der Waals surface area contributed by atoms with Gasteiger partial charge in [-0.05, 0) is 38.1 Å². The number of hydrogen-bond donors (Lipinski definition) is 1. The van der Waals surface area contributed by atoms with Crippen LogP contribution in [-0.4, -0.2) is 38.9 Å². The molecule has 106 valence electrons. The van der Waals surface area contributed by atoms with Crippen molar-refractivity contribution in [3.05, 3.63) is 30.1 Å². The van der Waals surface area contributed by atoms with Gasteiger partial charge in [0.2, 0.25) is 15.9 Å². The molecular weight excluding hydrogens is 271 g/mol. The van der Waals surface area contributed by atoms with Gasteiger partial charge in [-0.15, -0.1) is 0 Å². The Morgan fingerprint density at radius 2 is 1.68 bits per heavy atom. The number of amides is 1. The summed E-state index contributed by atoms with van der Waals surface area (Å²) in [6, 6.07) is 4.40. The van der Waals surface area contributed by atoms with Crippen LogP contribution in [0.25, 0.3) is 0 Å². The highest BCUT2D eigenvalue weighted by Crippen LogP contribution is 2.15. The van der Waals surface area contributed by atoms with Gasteiger partial charge in [-0.3, -0.25) is 4.79 Å². The molecule has 0 fully saturated rings. The Bertz CT molecular complexity index is 565. The zero-order valence-electron chi connectivity index (χ0n) is 11.3. The lowest BCUT2D eigenvalue weighted by atomic mass is 10.1. The Balaban J connectivity index is 3.03. The number of halogens is 1. The number of carbonyl (C=O) groups excluding carboxylic acids is 1. The number of nitrogens with one attached hydrogen (secondary N) is 1. The van der Waals surface area contributed by atoms with Gasteiger partial charge < -0.3 is 4.90 Å². The number of likely N-dealkylation sites (N-methyl/N-ethyl adjacent to an activating group) is 1. The maximum absolute atomic E-state index is 12.8. The molecule has 0 saturated carbocycles. The van der Waals surface area contributed by atoms with Gasteiger partial charge in [0.25, 0.3) is 0 Å². The largest absolute Gasteiger partial charge is 0.347 e. The average Bonchev–Trinajstić information content (AvgIpc) is 2.27. The van der Waals surface area contributed by atoms with Gasteiger partial charge in [0.1, 0.15) is 11.4 Å². The molecule has 0 bridgehead atoms. The second-order valence-electron chi connectivity index (χ2n) is 4.88. The van der Waals surface area contributed by atoms with E-state index in [9.17, 15) is 17.6 Å². The van der Waals surface area contributed by atoms with Crippen LogP contribution in [0.15, 0.2) is 29.2 Å². The van der Waals surface area contributed by atoms with Crippen LogP contribution in [0.1, 0.15) is 13.8 Å². The zero-order chi connectivity index (χ0) is 14.8. The van der Waals surface area contributed by atoms with E-state index in [1.54, 1.807) is 0 Å². The Morgan fingerprint density at radius 1 is 1.21 bits per heavy atom. The van der Waals surface area contributed by atoms with E-state index in [1.807, 2.05) is 0 Å². The van der Waals surface area contributed by atoms with E-state index < -0.39 is 21.4 Å². The average molecular weight is 288 g/mol. The van der Waals surface area contributed by atoms with Crippen LogP contribution in [0.3, 0.4) is 0 Å². The third-order valence-electron chi connectivity index (χ3n) is 2.45. The van der Waals surface area contributed by atoms with Crippen molar-refractivity contribution < 1.29 is 17.6 Å². The van der Waals surface area contributed by atoms with Gasteiger partial charge >= 0.3 is 0 Å². The highest BCUT2D eigenvalue weighted by atomic mass is 32.2. The Hall–Kier alpha value is -1.47. The standard InChI is InChI=1S/C12H17FN2O3S/c1-12(2,11(16)15(3)4)14-19(17,18)10-7-5-9(13)6-8-10/h5-8,14H,1-4H3. The monoisotopic (exact) mass is 288 g/mol. The molecule has 1 rings (SSSR count). The predicted molar refractivity (Wildman–Crippen MR) is 69.5 cm³/mol. The van der Waals surface area contributed by atoms with Gasteiger partial charge in [-0.25, -0.2) is 12.8 Å². The summed E-state index contributed by atoms with van der Waals surface area (Å²) in [6.07, 6.45) is 0. The minimum absolute atomic E-state index is 0.0893. The summed E-state index contributed by atoms with van der Waals surface area (Å²) >= 11 is 0. The van der Waals surface area contributed by atoms with Crippen molar-refractivity contribution >= 4 is 15.9 Å². The van der Waals surface area contributed by atoms with Gasteiger partial charge in [-0.2, -0.15) is 4.72 Å². The topological polar surface area (TPSA) is 66.5 Å².